The second-order valence-corrected chi connectivity index (χ2v) is 9.32. The van der Waals surface area contributed by atoms with Gasteiger partial charge >= 0.3 is 0 Å². The minimum absolute atomic E-state index is 0.00223. The first-order valence-electron chi connectivity index (χ1n) is 10.5. The van der Waals surface area contributed by atoms with Gasteiger partial charge in [0.15, 0.2) is 6.29 Å². The lowest BCUT2D eigenvalue weighted by Gasteiger charge is -2.48. The van der Waals surface area contributed by atoms with Gasteiger partial charge in [0.05, 0.1) is 31.1 Å². The van der Waals surface area contributed by atoms with Crippen molar-refractivity contribution in [1.82, 2.24) is 5.32 Å². The van der Waals surface area contributed by atoms with Crippen molar-refractivity contribution in [2.45, 2.75) is 38.1 Å². The maximum Gasteiger partial charge on any atom is 0.175 e. The number of rotatable bonds is 7. The van der Waals surface area contributed by atoms with E-state index in [4.69, 9.17) is 15.2 Å². The van der Waals surface area contributed by atoms with E-state index >= 15 is 0 Å². The van der Waals surface area contributed by atoms with Gasteiger partial charge in [-0.25, -0.2) is 0 Å². The second-order valence-electron chi connectivity index (χ2n) is 9.32. The van der Waals surface area contributed by atoms with Crippen molar-refractivity contribution in [3.63, 3.8) is 0 Å². The zero-order valence-corrected chi connectivity index (χ0v) is 17.8. The monoisotopic (exact) mass is 402 g/mol. The molecular weight excluding hydrogens is 368 g/mol. The molecule has 160 valence electrons. The summed E-state index contributed by atoms with van der Waals surface area (Å²) in [7, 11) is 4.05. The molecule has 1 spiro atoms. The number of hydrogen-bond donors (Lipinski definition) is 3. The predicted octanol–water partition coefficient (Wildman–Crippen LogP) is 1.71. The topological polar surface area (TPSA) is 83.2 Å². The van der Waals surface area contributed by atoms with E-state index in [1.165, 1.54) is 6.42 Å². The first-order valence-corrected chi connectivity index (χ1v) is 10.5. The van der Waals surface area contributed by atoms with Gasteiger partial charge in [-0.1, -0.05) is 6.92 Å². The lowest BCUT2D eigenvalue weighted by molar-refractivity contribution is -0.112. The predicted molar refractivity (Wildman–Crippen MR) is 116 cm³/mol. The van der Waals surface area contributed by atoms with Gasteiger partial charge in [0, 0.05) is 55.7 Å². The summed E-state index contributed by atoms with van der Waals surface area (Å²) in [4.78, 5) is 4.37. The molecular formula is C22H34N4O3. The van der Waals surface area contributed by atoms with Crippen molar-refractivity contribution in [3.05, 3.63) is 30.0 Å². The lowest BCUT2D eigenvalue weighted by Crippen LogP contribution is -2.56. The van der Waals surface area contributed by atoms with Crippen molar-refractivity contribution in [2.75, 3.05) is 56.7 Å². The number of aliphatic hydroxyl groups excluding tert-OH is 1. The fraction of sp³-hybridized carbons (Fsp3) is 0.636. The lowest BCUT2D eigenvalue weighted by atomic mass is 9.81. The number of anilines is 2. The molecule has 1 unspecified atom stereocenters. The first kappa shape index (κ1) is 20.3. The Morgan fingerprint density at radius 3 is 2.72 bits per heavy atom. The van der Waals surface area contributed by atoms with E-state index in [1.807, 2.05) is 20.3 Å². The summed E-state index contributed by atoms with van der Waals surface area (Å²) < 4.78 is 11.8. The van der Waals surface area contributed by atoms with E-state index in [0.717, 1.165) is 42.9 Å². The molecule has 1 aliphatic carbocycles. The summed E-state index contributed by atoms with van der Waals surface area (Å²) in [5.41, 5.74) is 10.3. The molecule has 1 aromatic rings. The molecule has 7 heteroatoms. The third-order valence-electron chi connectivity index (χ3n) is 6.39. The Morgan fingerprint density at radius 2 is 2.14 bits per heavy atom. The molecule has 2 heterocycles. The van der Waals surface area contributed by atoms with E-state index in [-0.39, 0.29) is 23.9 Å². The van der Waals surface area contributed by atoms with Crippen LogP contribution in [0.4, 0.5) is 11.4 Å². The largest absolute Gasteiger partial charge is 0.397 e. The van der Waals surface area contributed by atoms with Crippen molar-refractivity contribution in [2.24, 2.45) is 11.1 Å². The van der Waals surface area contributed by atoms with Gasteiger partial charge in [0.2, 0.25) is 0 Å². The van der Waals surface area contributed by atoms with Crippen LogP contribution in [0.5, 0.6) is 0 Å². The number of nitrogens with zero attached hydrogens (tertiary/aromatic N) is 2. The molecule has 3 fully saturated rings. The molecule has 0 aromatic heterocycles. The number of nitrogens with one attached hydrogen (secondary N) is 1. The van der Waals surface area contributed by atoms with Crippen LogP contribution >= 0.6 is 0 Å². The van der Waals surface area contributed by atoms with Crippen molar-refractivity contribution >= 4 is 17.1 Å². The molecule has 29 heavy (non-hydrogen) atoms. The normalized spacial score (nSPS) is 24.9. The smallest absolute Gasteiger partial charge is 0.175 e. The van der Waals surface area contributed by atoms with Crippen LogP contribution in [0.15, 0.2) is 24.4 Å². The summed E-state index contributed by atoms with van der Waals surface area (Å²) >= 11 is 0. The van der Waals surface area contributed by atoms with Crippen molar-refractivity contribution in [1.29, 1.82) is 0 Å². The van der Waals surface area contributed by atoms with Gasteiger partial charge in [-0.05, 0) is 37.5 Å². The summed E-state index contributed by atoms with van der Waals surface area (Å²) in [6.45, 7) is 5.36. The zero-order valence-electron chi connectivity index (χ0n) is 17.8. The van der Waals surface area contributed by atoms with Crippen LogP contribution in [-0.4, -0.2) is 63.9 Å². The highest BCUT2D eigenvalue weighted by Crippen LogP contribution is 2.41. The van der Waals surface area contributed by atoms with E-state index in [0.29, 0.717) is 18.8 Å². The standard InChI is InChI=1S/C22H34N4O3/c1-21(14-27)12-26(13-21)16-5-6-17(19(9-16)25(2)3)18(23)10-24-11-20-28-15-22(29-20)7-4-8-22/h5-6,9-10,20,24,27H,4,7-8,11-15,23H2,1-3H3/b18-10-. The molecule has 4 N–H and O–H groups in total. The van der Waals surface area contributed by atoms with E-state index < -0.39 is 0 Å². The quantitative estimate of drug-likeness (QED) is 0.640. The van der Waals surface area contributed by atoms with E-state index in [1.54, 1.807) is 0 Å². The first-order chi connectivity index (χ1) is 13.8. The SMILES string of the molecule is CN(C)c1cc(N2CC(C)(CO)C2)ccc1/C(N)=C/NCC1OCC2(CCC2)O1. The van der Waals surface area contributed by atoms with Gasteiger partial charge < -0.3 is 35.4 Å². The maximum absolute atomic E-state index is 9.49. The Labute approximate surface area is 173 Å². The number of ether oxygens (including phenoxy) is 2. The fourth-order valence-electron chi connectivity index (χ4n) is 4.36. The average molecular weight is 403 g/mol. The van der Waals surface area contributed by atoms with Gasteiger partial charge in [0.25, 0.3) is 0 Å². The van der Waals surface area contributed by atoms with Gasteiger partial charge in [-0.2, -0.15) is 0 Å². The van der Waals surface area contributed by atoms with Crippen molar-refractivity contribution in [3.8, 4) is 0 Å². The Kier molecular flexibility index (Phi) is 5.40. The molecule has 4 rings (SSSR count). The van der Waals surface area contributed by atoms with Gasteiger partial charge in [-0.15, -0.1) is 0 Å². The highest BCUT2D eigenvalue weighted by Gasteiger charge is 2.45. The number of nitrogens with two attached hydrogens (primary N) is 1. The Bertz CT molecular complexity index is 769. The highest BCUT2D eigenvalue weighted by molar-refractivity contribution is 5.78. The van der Waals surface area contributed by atoms with Crippen LogP contribution in [0.25, 0.3) is 5.70 Å². The van der Waals surface area contributed by atoms with E-state index in [2.05, 4.69) is 40.2 Å². The van der Waals surface area contributed by atoms with Crippen LogP contribution in [-0.2, 0) is 9.47 Å². The van der Waals surface area contributed by atoms with Gasteiger partial charge in [-0.3, -0.25) is 0 Å². The average Bonchev–Trinajstić information content (AvgIpc) is 3.10. The van der Waals surface area contributed by atoms with Crippen LogP contribution < -0.4 is 20.9 Å². The molecule has 7 nitrogen and oxygen atoms in total. The Morgan fingerprint density at radius 1 is 1.38 bits per heavy atom. The Balaban J connectivity index is 1.39. The van der Waals surface area contributed by atoms with Crippen LogP contribution in [0.3, 0.4) is 0 Å². The number of hydrogen-bond acceptors (Lipinski definition) is 7. The molecule has 2 saturated heterocycles. The molecule has 3 aliphatic rings. The summed E-state index contributed by atoms with van der Waals surface area (Å²) in [5.74, 6) is 0. The summed E-state index contributed by atoms with van der Waals surface area (Å²) in [6.07, 6.45) is 5.08. The van der Waals surface area contributed by atoms with Crippen LogP contribution in [0.2, 0.25) is 0 Å². The molecule has 1 atom stereocenters. The number of aliphatic hydroxyl groups is 1. The third-order valence-corrected chi connectivity index (χ3v) is 6.39. The minimum atomic E-state index is -0.206. The van der Waals surface area contributed by atoms with Crippen molar-refractivity contribution < 1.29 is 14.6 Å². The molecule has 1 saturated carbocycles. The fourth-order valence-corrected chi connectivity index (χ4v) is 4.36. The highest BCUT2D eigenvalue weighted by atomic mass is 16.7. The second kappa shape index (κ2) is 7.70. The van der Waals surface area contributed by atoms with Crippen LogP contribution in [0.1, 0.15) is 31.7 Å². The molecule has 1 aromatic carbocycles. The molecule has 0 bridgehead atoms. The van der Waals surface area contributed by atoms with Gasteiger partial charge in [0.1, 0.15) is 0 Å². The Hall–Kier alpha value is -1.96. The number of benzene rings is 1. The molecule has 0 radical (unpaired) electrons. The molecule has 2 aliphatic heterocycles. The molecule has 0 amide bonds. The summed E-state index contributed by atoms with van der Waals surface area (Å²) in [5, 5.41) is 12.8. The summed E-state index contributed by atoms with van der Waals surface area (Å²) in [6, 6.07) is 6.33. The maximum atomic E-state index is 9.49. The minimum Gasteiger partial charge on any atom is -0.397 e. The van der Waals surface area contributed by atoms with Crippen LogP contribution in [0, 0.1) is 5.41 Å². The zero-order chi connectivity index (χ0) is 20.6. The van der Waals surface area contributed by atoms with E-state index in [9.17, 15) is 5.11 Å². The third kappa shape index (κ3) is 4.04.